The van der Waals surface area contributed by atoms with Crippen molar-refractivity contribution in [2.24, 2.45) is 0 Å². The van der Waals surface area contributed by atoms with Gasteiger partial charge in [-0.3, -0.25) is 4.98 Å². The molecule has 0 radical (unpaired) electrons. The van der Waals surface area contributed by atoms with Gasteiger partial charge >= 0.3 is 0 Å². The quantitative estimate of drug-likeness (QED) is 0.781. The Labute approximate surface area is 135 Å². The van der Waals surface area contributed by atoms with Crippen LogP contribution in [0.4, 0.5) is 4.39 Å². The summed E-state index contributed by atoms with van der Waals surface area (Å²) in [5.41, 5.74) is 0.423. The van der Waals surface area contributed by atoms with Crippen LogP contribution in [0, 0.1) is 5.82 Å². The first-order valence-electron chi connectivity index (χ1n) is 7.54. The van der Waals surface area contributed by atoms with E-state index in [1.807, 2.05) is 48.5 Å². The number of benzene rings is 2. The summed E-state index contributed by atoms with van der Waals surface area (Å²) in [5.74, 6) is -0.892. The molecule has 0 unspecified atom stereocenters. The molecule has 0 amide bonds. The molecule has 23 heavy (non-hydrogen) atoms. The van der Waals surface area contributed by atoms with Crippen molar-refractivity contribution < 1.29 is 9.50 Å². The summed E-state index contributed by atoms with van der Waals surface area (Å²) in [6.07, 6.45) is 1.68. The van der Waals surface area contributed by atoms with Gasteiger partial charge in [0.25, 0.3) is 0 Å². The van der Waals surface area contributed by atoms with Gasteiger partial charge in [0.05, 0.1) is 11.6 Å². The van der Waals surface area contributed by atoms with Crippen molar-refractivity contribution in [1.29, 1.82) is 0 Å². The lowest BCUT2D eigenvalue weighted by Crippen LogP contribution is -2.32. The average molecular weight is 307 g/mol. The van der Waals surface area contributed by atoms with E-state index in [-0.39, 0.29) is 5.56 Å². The summed E-state index contributed by atoms with van der Waals surface area (Å²) < 4.78 is 14.3. The second-order valence-corrected chi connectivity index (χ2v) is 5.73. The van der Waals surface area contributed by atoms with Crippen LogP contribution in [0.25, 0.3) is 0 Å². The number of aromatic nitrogens is 1. The number of pyridine rings is 1. The maximum absolute atomic E-state index is 14.3. The maximum Gasteiger partial charge on any atom is 0.129 e. The van der Waals surface area contributed by atoms with Crippen molar-refractivity contribution in [2.45, 2.75) is 18.4 Å². The monoisotopic (exact) mass is 307 g/mol. The number of halogens is 1. The van der Waals surface area contributed by atoms with Gasteiger partial charge in [-0.2, -0.15) is 0 Å². The molecule has 1 N–H and O–H groups in total. The van der Waals surface area contributed by atoms with E-state index in [0.29, 0.717) is 5.69 Å². The Morgan fingerprint density at radius 1 is 0.913 bits per heavy atom. The predicted octanol–water partition coefficient (Wildman–Crippen LogP) is 4.26. The fourth-order valence-electron chi connectivity index (χ4n) is 3.00. The van der Waals surface area contributed by atoms with E-state index in [0.717, 1.165) is 5.56 Å². The van der Waals surface area contributed by atoms with Crippen molar-refractivity contribution in [2.75, 3.05) is 0 Å². The minimum Gasteiger partial charge on any atom is -0.384 e. The fraction of sp³-hybridized carbons (Fsp3) is 0.150. The Balaban J connectivity index is 2.18. The Hall–Kier alpha value is -2.52. The third-order valence-corrected chi connectivity index (χ3v) is 4.10. The highest BCUT2D eigenvalue weighted by Crippen LogP contribution is 2.41. The van der Waals surface area contributed by atoms with Crippen molar-refractivity contribution in [3.05, 3.63) is 102 Å². The van der Waals surface area contributed by atoms with Crippen LogP contribution in [0.15, 0.2) is 79.0 Å². The van der Waals surface area contributed by atoms with Gasteiger partial charge in [-0.25, -0.2) is 4.39 Å². The van der Waals surface area contributed by atoms with E-state index >= 15 is 0 Å². The summed E-state index contributed by atoms with van der Waals surface area (Å²) in [6.45, 7) is 1.64. The first kappa shape index (κ1) is 15.4. The Bertz CT molecular complexity index is 732. The standard InChI is InChI=1S/C20H18FNO/c1-20(23,16-11-5-6-12-17(16)21)19(15-9-3-2-4-10-15)18-13-7-8-14-22-18/h2-14,19,23H,1H3/t19-,20-/m0/s1. The van der Waals surface area contributed by atoms with Gasteiger partial charge in [-0.1, -0.05) is 54.6 Å². The zero-order chi connectivity index (χ0) is 16.3. The first-order valence-corrected chi connectivity index (χ1v) is 7.54. The summed E-state index contributed by atoms with van der Waals surface area (Å²) in [7, 11) is 0. The maximum atomic E-state index is 14.3. The van der Waals surface area contributed by atoms with Gasteiger partial charge in [0.1, 0.15) is 11.4 Å². The number of hydrogen-bond donors (Lipinski definition) is 1. The van der Waals surface area contributed by atoms with Crippen LogP contribution in [0.3, 0.4) is 0 Å². The molecule has 0 aliphatic carbocycles. The summed E-state index contributed by atoms with van der Waals surface area (Å²) in [4.78, 5) is 4.39. The van der Waals surface area contributed by atoms with Gasteiger partial charge < -0.3 is 5.11 Å². The van der Waals surface area contributed by atoms with Crippen molar-refractivity contribution in [1.82, 2.24) is 4.98 Å². The van der Waals surface area contributed by atoms with Crippen molar-refractivity contribution in [3.63, 3.8) is 0 Å². The highest BCUT2D eigenvalue weighted by atomic mass is 19.1. The number of rotatable bonds is 4. The second kappa shape index (κ2) is 6.31. The molecule has 2 nitrogen and oxygen atoms in total. The fourth-order valence-corrected chi connectivity index (χ4v) is 3.00. The Morgan fingerprint density at radius 3 is 2.22 bits per heavy atom. The van der Waals surface area contributed by atoms with Gasteiger partial charge in [0, 0.05) is 11.8 Å². The van der Waals surface area contributed by atoms with Gasteiger partial charge in [0.15, 0.2) is 0 Å². The molecule has 0 bridgehead atoms. The zero-order valence-electron chi connectivity index (χ0n) is 12.9. The number of aliphatic hydroxyl groups is 1. The van der Waals surface area contributed by atoms with Crippen LogP contribution in [0.2, 0.25) is 0 Å². The van der Waals surface area contributed by atoms with Crippen LogP contribution >= 0.6 is 0 Å². The van der Waals surface area contributed by atoms with E-state index in [1.54, 1.807) is 31.3 Å². The number of nitrogens with zero attached hydrogens (tertiary/aromatic N) is 1. The summed E-state index contributed by atoms with van der Waals surface area (Å²) in [5, 5.41) is 11.3. The lowest BCUT2D eigenvalue weighted by atomic mass is 9.76. The summed E-state index contributed by atoms with van der Waals surface area (Å²) in [6, 6.07) is 21.5. The van der Waals surface area contributed by atoms with Crippen LogP contribution < -0.4 is 0 Å². The normalized spacial score (nSPS) is 14.9. The van der Waals surface area contributed by atoms with Gasteiger partial charge in [-0.15, -0.1) is 0 Å². The molecule has 1 heterocycles. The molecular formula is C20H18FNO. The molecule has 0 spiro atoms. The lowest BCUT2D eigenvalue weighted by Gasteiger charge is -2.33. The molecule has 2 aromatic carbocycles. The average Bonchev–Trinajstić information content (AvgIpc) is 2.57. The largest absolute Gasteiger partial charge is 0.384 e. The molecule has 0 saturated heterocycles. The van der Waals surface area contributed by atoms with Crippen LogP contribution in [-0.4, -0.2) is 10.1 Å². The molecule has 0 aliphatic heterocycles. The zero-order valence-corrected chi connectivity index (χ0v) is 12.9. The second-order valence-electron chi connectivity index (χ2n) is 5.73. The van der Waals surface area contributed by atoms with E-state index in [4.69, 9.17) is 0 Å². The Morgan fingerprint density at radius 2 is 1.57 bits per heavy atom. The topological polar surface area (TPSA) is 33.1 Å². The molecule has 0 aliphatic rings. The molecule has 3 rings (SSSR count). The van der Waals surface area contributed by atoms with E-state index in [1.165, 1.54) is 6.07 Å². The highest BCUT2D eigenvalue weighted by molar-refractivity contribution is 5.37. The third kappa shape index (κ3) is 3.01. The van der Waals surface area contributed by atoms with E-state index in [9.17, 15) is 9.50 Å². The van der Waals surface area contributed by atoms with E-state index in [2.05, 4.69) is 4.98 Å². The van der Waals surface area contributed by atoms with Crippen molar-refractivity contribution >= 4 is 0 Å². The highest BCUT2D eigenvalue weighted by Gasteiger charge is 2.38. The van der Waals surface area contributed by atoms with E-state index < -0.39 is 17.3 Å². The molecule has 116 valence electrons. The number of hydrogen-bond acceptors (Lipinski definition) is 2. The van der Waals surface area contributed by atoms with Crippen LogP contribution in [-0.2, 0) is 5.60 Å². The Kier molecular flexibility index (Phi) is 4.22. The predicted molar refractivity (Wildman–Crippen MR) is 88.5 cm³/mol. The molecular weight excluding hydrogens is 289 g/mol. The molecule has 3 heteroatoms. The molecule has 0 saturated carbocycles. The third-order valence-electron chi connectivity index (χ3n) is 4.10. The molecule has 3 aromatic rings. The smallest absolute Gasteiger partial charge is 0.129 e. The van der Waals surface area contributed by atoms with Gasteiger partial charge in [0.2, 0.25) is 0 Å². The first-order chi connectivity index (χ1) is 11.1. The molecule has 0 fully saturated rings. The SMILES string of the molecule is C[C@](O)(c1ccccc1F)[C@@H](c1ccccc1)c1ccccn1. The van der Waals surface area contributed by atoms with Crippen LogP contribution in [0.1, 0.15) is 29.7 Å². The molecule has 1 aromatic heterocycles. The van der Waals surface area contributed by atoms with Crippen LogP contribution in [0.5, 0.6) is 0 Å². The summed E-state index contributed by atoms with van der Waals surface area (Å²) >= 11 is 0. The minimum absolute atomic E-state index is 0.263. The molecule has 2 atom stereocenters. The minimum atomic E-state index is -1.43. The lowest BCUT2D eigenvalue weighted by molar-refractivity contribution is 0.0345. The van der Waals surface area contributed by atoms with Crippen molar-refractivity contribution in [3.8, 4) is 0 Å². The van der Waals surface area contributed by atoms with Gasteiger partial charge in [-0.05, 0) is 30.7 Å².